The zero-order valence-corrected chi connectivity index (χ0v) is 14.4. The van der Waals surface area contributed by atoms with Crippen molar-refractivity contribution >= 4 is 43.2 Å². The average Bonchev–Trinajstić information content (AvgIpc) is 2.68. The maximum Gasteiger partial charge on any atom is 0.265 e. The molecule has 0 atom stereocenters. The van der Waals surface area contributed by atoms with E-state index in [0.717, 1.165) is 0 Å². The Morgan fingerprint density at radius 3 is 2.62 bits per heavy atom. The lowest BCUT2D eigenvalue weighted by molar-refractivity contribution is 0.276. The van der Waals surface area contributed by atoms with Crippen molar-refractivity contribution in [1.82, 2.24) is 0 Å². The lowest BCUT2D eigenvalue weighted by atomic mass is 10.2. The number of halogens is 2. The molecule has 0 saturated carbocycles. The van der Waals surface area contributed by atoms with Crippen LogP contribution in [0.15, 0.2) is 32.0 Å². The fourth-order valence-corrected chi connectivity index (χ4v) is 4.11. The van der Waals surface area contributed by atoms with E-state index in [2.05, 4.69) is 20.7 Å². The van der Waals surface area contributed by atoms with Crippen molar-refractivity contribution < 1.29 is 17.9 Å². The summed E-state index contributed by atoms with van der Waals surface area (Å²) in [5.74, 6) is 0.589. The number of anilines is 1. The molecule has 0 spiro atoms. The molecule has 1 heterocycles. The summed E-state index contributed by atoms with van der Waals surface area (Å²) in [7, 11) is -3.91. The normalized spacial score (nSPS) is 11.7. The van der Waals surface area contributed by atoms with Crippen molar-refractivity contribution in [3.8, 4) is 0 Å². The highest BCUT2D eigenvalue weighted by Gasteiger charge is 2.27. The highest BCUT2D eigenvalue weighted by Crippen LogP contribution is 2.31. The number of hydrogen-bond acceptors (Lipinski definition) is 4. The molecular weight excluding hydrogens is 382 g/mol. The molecule has 0 saturated heterocycles. The number of aryl methyl sites for hydroxylation is 2. The van der Waals surface area contributed by atoms with E-state index >= 15 is 0 Å². The Balaban J connectivity index is 2.51. The zero-order valence-electron chi connectivity index (χ0n) is 11.3. The molecule has 0 fully saturated rings. The van der Waals surface area contributed by atoms with Crippen LogP contribution in [-0.2, 0) is 16.6 Å². The Morgan fingerprint density at radius 2 is 2.00 bits per heavy atom. The molecule has 114 valence electrons. The zero-order chi connectivity index (χ0) is 15.8. The first-order valence-electron chi connectivity index (χ1n) is 5.94. The number of benzene rings is 1. The van der Waals surface area contributed by atoms with Crippen LogP contribution in [0.4, 0.5) is 5.69 Å². The third-order valence-corrected chi connectivity index (χ3v) is 5.31. The van der Waals surface area contributed by atoms with Gasteiger partial charge in [-0.25, -0.2) is 8.42 Å². The second-order valence-electron chi connectivity index (χ2n) is 4.41. The standard InChI is InChI=1S/C13H13BrClNO4S/c1-7-10(6-17)13(8(2)20-7)21(18,19)16-12-5-9(14)3-4-11(12)15/h3-5,16-17H,6H2,1-2H3. The van der Waals surface area contributed by atoms with Crippen molar-refractivity contribution in [2.75, 3.05) is 4.72 Å². The molecule has 8 heteroatoms. The quantitative estimate of drug-likeness (QED) is 0.830. The van der Waals surface area contributed by atoms with Crippen molar-refractivity contribution in [1.29, 1.82) is 0 Å². The molecule has 0 unspecified atom stereocenters. The summed E-state index contributed by atoms with van der Waals surface area (Å²) >= 11 is 9.24. The summed E-state index contributed by atoms with van der Waals surface area (Å²) in [5, 5.41) is 9.62. The third-order valence-electron chi connectivity index (χ3n) is 2.92. The molecule has 0 amide bonds. The van der Waals surface area contributed by atoms with E-state index in [-0.39, 0.29) is 26.9 Å². The smallest absolute Gasteiger partial charge is 0.265 e. The third kappa shape index (κ3) is 3.26. The van der Waals surface area contributed by atoms with E-state index in [1.54, 1.807) is 25.1 Å². The molecule has 1 aromatic heterocycles. The first-order chi connectivity index (χ1) is 9.76. The van der Waals surface area contributed by atoms with Crippen LogP contribution in [0.2, 0.25) is 5.02 Å². The maximum absolute atomic E-state index is 12.5. The monoisotopic (exact) mass is 393 g/mol. The fourth-order valence-electron chi connectivity index (χ4n) is 2.02. The minimum Gasteiger partial charge on any atom is -0.465 e. The molecule has 21 heavy (non-hydrogen) atoms. The van der Waals surface area contributed by atoms with Crippen molar-refractivity contribution in [2.24, 2.45) is 0 Å². The minimum absolute atomic E-state index is 0.0569. The van der Waals surface area contributed by atoms with E-state index < -0.39 is 16.6 Å². The summed E-state index contributed by atoms with van der Waals surface area (Å²) in [4.78, 5) is -0.0569. The van der Waals surface area contributed by atoms with Crippen molar-refractivity contribution in [3.05, 3.63) is 44.8 Å². The van der Waals surface area contributed by atoms with Gasteiger partial charge in [-0.1, -0.05) is 27.5 Å². The van der Waals surface area contributed by atoms with Gasteiger partial charge in [0.25, 0.3) is 10.0 Å². The predicted octanol–water partition coefficient (Wildman–Crippen LogP) is 3.61. The van der Waals surface area contributed by atoms with Gasteiger partial charge in [0.05, 0.1) is 17.3 Å². The van der Waals surface area contributed by atoms with Crippen molar-refractivity contribution in [2.45, 2.75) is 25.3 Å². The Morgan fingerprint density at radius 1 is 1.33 bits per heavy atom. The summed E-state index contributed by atoms with van der Waals surface area (Å²) in [6.07, 6.45) is 0. The predicted molar refractivity (Wildman–Crippen MR) is 84.1 cm³/mol. The van der Waals surface area contributed by atoms with Gasteiger partial charge in [0, 0.05) is 10.0 Å². The largest absolute Gasteiger partial charge is 0.465 e. The summed E-state index contributed by atoms with van der Waals surface area (Å²) < 4.78 is 33.4. The number of aliphatic hydroxyl groups excluding tert-OH is 1. The Labute approximate surface area is 136 Å². The SMILES string of the molecule is Cc1oc(C)c(S(=O)(=O)Nc2cc(Br)ccc2Cl)c1CO. The molecule has 0 aliphatic rings. The topological polar surface area (TPSA) is 79.5 Å². The lowest BCUT2D eigenvalue weighted by Crippen LogP contribution is -2.15. The van der Waals surface area contributed by atoms with Crippen molar-refractivity contribution in [3.63, 3.8) is 0 Å². The number of aliphatic hydroxyl groups is 1. The van der Waals surface area contributed by atoms with Gasteiger partial charge in [0.1, 0.15) is 16.4 Å². The van der Waals surface area contributed by atoms with Gasteiger partial charge >= 0.3 is 0 Å². The minimum atomic E-state index is -3.91. The molecule has 2 aromatic rings. The number of furan rings is 1. The lowest BCUT2D eigenvalue weighted by Gasteiger charge is -2.10. The second kappa shape index (κ2) is 6.00. The molecule has 0 radical (unpaired) electrons. The summed E-state index contributed by atoms with van der Waals surface area (Å²) in [6, 6.07) is 4.83. The van der Waals surface area contributed by atoms with E-state index in [4.69, 9.17) is 16.0 Å². The Bertz CT molecular complexity index is 786. The Hall–Kier alpha value is -1.02. The second-order valence-corrected chi connectivity index (χ2v) is 7.35. The van der Waals surface area contributed by atoms with E-state index in [0.29, 0.717) is 10.2 Å². The van der Waals surface area contributed by atoms with Gasteiger partial charge in [0.15, 0.2) is 0 Å². The van der Waals surface area contributed by atoms with E-state index in [9.17, 15) is 13.5 Å². The van der Waals surface area contributed by atoms with Crippen LogP contribution in [0.3, 0.4) is 0 Å². The van der Waals surface area contributed by atoms with Gasteiger partial charge in [-0.05, 0) is 32.0 Å². The van der Waals surface area contributed by atoms with Crippen LogP contribution < -0.4 is 4.72 Å². The molecule has 0 aliphatic heterocycles. The van der Waals surface area contributed by atoms with Crippen LogP contribution in [0.1, 0.15) is 17.1 Å². The summed E-state index contributed by atoms with van der Waals surface area (Å²) in [6.45, 7) is 2.71. The van der Waals surface area contributed by atoms with Crippen LogP contribution >= 0.6 is 27.5 Å². The molecule has 0 aliphatic carbocycles. The molecular formula is C13H13BrClNO4S. The maximum atomic E-state index is 12.5. The molecule has 5 nitrogen and oxygen atoms in total. The highest BCUT2D eigenvalue weighted by molar-refractivity contribution is 9.10. The van der Waals surface area contributed by atoms with Crippen LogP contribution in [0.25, 0.3) is 0 Å². The van der Waals surface area contributed by atoms with E-state index in [1.807, 2.05) is 0 Å². The van der Waals surface area contributed by atoms with Gasteiger partial charge < -0.3 is 9.52 Å². The molecule has 2 rings (SSSR count). The van der Waals surface area contributed by atoms with Gasteiger partial charge in [-0.2, -0.15) is 0 Å². The summed E-state index contributed by atoms with van der Waals surface area (Å²) in [5.41, 5.74) is 0.485. The van der Waals surface area contributed by atoms with Gasteiger partial charge in [-0.3, -0.25) is 4.72 Å². The van der Waals surface area contributed by atoms with Crippen LogP contribution in [0, 0.1) is 13.8 Å². The van der Waals surface area contributed by atoms with Gasteiger partial charge in [-0.15, -0.1) is 0 Å². The van der Waals surface area contributed by atoms with Gasteiger partial charge in [0.2, 0.25) is 0 Å². The first-order valence-corrected chi connectivity index (χ1v) is 8.59. The molecule has 1 aromatic carbocycles. The van der Waals surface area contributed by atoms with Crippen LogP contribution in [-0.4, -0.2) is 13.5 Å². The fraction of sp³-hybridized carbons (Fsp3) is 0.231. The Kier molecular flexibility index (Phi) is 4.67. The molecule has 0 bridgehead atoms. The highest BCUT2D eigenvalue weighted by atomic mass is 79.9. The average molecular weight is 395 g/mol. The molecule has 2 N–H and O–H groups in total. The number of rotatable bonds is 4. The first kappa shape index (κ1) is 16.4. The van der Waals surface area contributed by atoms with E-state index in [1.165, 1.54) is 6.92 Å². The number of hydrogen-bond donors (Lipinski definition) is 2. The van der Waals surface area contributed by atoms with Crippen LogP contribution in [0.5, 0.6) is 0 Å². The number of nitrogens with one attached hydrogen (secondary N) is 1. The number of sulfonamides is 1.